The summed E-state index contributed by atoms with van der Waals surface area (Å²) in [6.45, 7) is 2.63. The highest BCUT2D eigenvalue weighted by atomic mass is 35.5. The molecule has 0 spiro atoms. The molecule has 0 amide bonds. The normalized spacial score (nSPS) is 14.3. The Hall–Kier alpha value is -1.32. The maximum absolute atomic E-state index is 11.0. The van der Waals surface area contributed by atoms with Gasteiger partial charge in [0.1, 0.15) is 5.60 Å². The van der Waals surface area contributed by atoms with E-state index in [0.29, 0.717) is 11.6 Å². The predicted octanol–water partition coefficient (Wildman–Crippen LogP) is 3.61. The molecule has 0 aliphatic carbocycles. The van der Waals surface area contributed by atoms with Crippen LogP contribution in [0.4, 0.5) is 0 Å². The smallest absolute Gasteiger partial charge is 0.107 e. The van der Waals surface area contributed by atoms with Crippen molar-refractivity contribution in [3.63, 3.8) is 0 Å². The van der Waals surface area contributed by atoms with E-state index in [1.807, 2.05) is 35.0 Å². The average molecular weight is 279 g/mol. The van der Waals surface area contributed by atoms with E-state index < -0.39 is 5.60 Å². The third-order valence-corrected chi connectivity index (χ3v) is 3.58. The van der Waals surface area contributed by atoms with Crippen LogP contribution in [0.3, 0.4) is 0 Å². The summed E-state index contributed by atoms with van der Waals surface area (Å²) >= 11 is 5.91. The minimum atomic E-state index is -0.874. The standard InChI is InChI=1S/C15H19ClN2O/c1-2-3-8-15(19,11-18-10-9-17-12-18)13-4-6-14(16)7-5-13/h4-7,9-10,12,19H,2-3,8,11H2,1H3. The van der Waals surface area contributed by atoms with Crippen LogP contribution in [0.5, 0.6) is 0 Å². The van der Waals surface area contributed by atoms with Gasteiger partial charge in [0.2, 0.25) is 0 Å². The van der Waals surface area contributed by atoms with E-state index in [-0.39, 0.29) is 0 Å². The van der Waals surface area contributed by atoms with Crippen molar-refractivity contribution < 1.29 is 5.11 Å². The zero-order valence-corrected chi connectivity index (χ0v) is 11.8. The number of hydrogen-bond donors (Lipinski definition) is 1. The lowest BCUT2D eigenvalue weighted by Gasteiger charge is -2.29. The van der Waals surface area contributed by atoms with Crippen LogP contribution in [-0.2, 0) is 12.1 Å². The summed E-state index contributed by atoms with van der Waals surface area (Å²) in [4.78, 5) is 4.03. The van der Waals surface area contributed by atoms with E-state index in [1.165, 1.54) is 0 Å². The third-order valence-electron chi connectivity index (χ3n) is 3.33. The van der Waals surface area contributed by atoms with E-state index >= 15 is 0 Å². The largest absolute Gasteiger partial charge is 0.383 e. The number of hydrogen-bond acceptors (Lipinski definition) is 2. The fourth-order valence-electron chi connectivity index (χ4n) is 2.23. The van der Waals surface area contributed by atoms with Crippen molar-refractivity contribution in [1.82, 2.24) is 9.55 Å². The van der Waals surface area contributed by atoms with Gasteiger partial charge in [-0.1, -0.05) is 43.5 Å². The van der Waals surface area contributed by atoms with Gasteiger partial charge in [-0.05, 0) is 24.1 Å². The number of aromatic nitrogens is 2. The fourth-order valence-corrected chi connectivity index (χ4v) is 2.35. The number of imidazole rings is 1. The van der Waals surface area contributed by atoms with E-state index in [2.05, 4.69) is 11.9 Å². The highest BCUT2D eigenvalue weighted by molar-refractivity contribution is 6.30. The van der Waals surface area contributed by atoms with Crippen molar-refractivity contribution in [3.8, 4) is 0 Å². The van der Waals surface area contributed by atoms with Gasteiger partial charge in [-0.15, -0.1) is 0 Å². The van der Waals surface area contributed by atoms with Gasteiger partial charge in [0.25, 0.3) is 0 Å². The zero-order valence-electron chi connectivity index (χ0n) is 11.1. The molecule has 19 heavy (non-hydrogen) atoms. The summed E-state index contributed by atoms with van der Waals surface area (Å²) in [6, 6.07) is 7.44. The van der Waals surface area contributed by atoms with Crippen molar-refractivity contribution in [3.05, 3.63) is 53.6 Å². The molecule has 1 heterocycles. The summed E-state index contributed by atoms with van der Waals surface area (Å²) in [5, 5.41) is 11.7. The lowest BCUT2D eigenvalue weighted by atomic mass is 9.88. The molecular formula is C15H19ClN2O. The number of aliphatic hydroxyl groups is 1. The van der Waals surface area contributed by atoms with Crippen LogP contribution in [0.1, 0.15) is 31.7 Å². The molecule has 0 radical (unpaired) electrons. The highest BCUT2D eigenvalue weighted by Crippen LogP contribution is 2.30. The first kappa shape index (κ1) is 14.1. The van der Waals surface area contributed by atoms with Gasteiger partial charge in [-0.3, -0.25) is 0 Å². The Balaban J connectivity index is 2.25. The first-order valence-electron chi connectivity index (χ1n) is 6.58. The number of rotatable bonds is 6. The number of benzene rings is 1. The van der Waals surface area contributed by atoms with Crippen LogP contribution in [0.2, 0.25) is 5.02 Å². The number of halogens is 1. The molecule has 0 aliphatic rings. The molecule has 0 bridgehead atoms. The van der Waals surface area contributed by atoms with E-state index in [1.54, 1.807) is 12.5 Å². The Morgan fingerprint density at radius 1 is 1.32 bits per heavy atom. The molecule has 0 saturated heterocycles. The van der Waals surface area contributed by atoms with Gasteiger partial charge in [0.05, 0.1) is 12.9 Å². The van der Waals surface area contributed by atoms with Gasteiger partial charge in [0.15, 0.2) is 0 Å². The Bertz CT molecular complexity index is 495. The summed E-state index contributed by atoms with van der Waals surface area (Å²) in [5.74, 6) is 0. The van der Waals surface area contributed by atoms with E-state index in [9.17, 15) is 5.11 Å². The third kappa shape index (κ3) is 3.58. The van der Waals surface area contributed by atoms with E-state index in [4.69, 9.17) is 11.6 Å². The minimum Gasteiger partial charge on any atom is -0.383 e. The highest BCUT2D eigenvalue weighted by Gasteiger charge is 2.29. The topological polar surface area (TPSA) is 38.0 Å². The zero-order chi connectivity index (χ0) is 13.7. The molecular weight excluding hydrogens is 260 g/mol. The van der Waals surface area contributed by atoms with Gasteiger partial charge >= 0.3 is 0 Å². The molecule has 1 atom stereocenters. The maximum Gasteiger partial charge on any atom is 0.107 e. The lowest BCUT2D eigenvalue weighted by Crippen LogP contribution is -2.31. The summed E-state index contributed by atoms with van der Waals surface area (Å²) in [5.41, 5.74) is 0.0282. The molecule has 2 aromatic rings. The first-order chi connectivity index (χ1) is 9.14. The van der Waals surface area contributed by atoms with Crippen molar-refractivity contribution in [1.29, 1.82) is 0 Å². The maximum atomic E-state index is 11.0. The van der Waals surface area contributed by atoms with Crippen LogP contribution in [-0.4, -0.2) is 14.7 Å². The number of unbranched alkanes of at least 4 members (excludes halogenated alkanes) is 1. The van der Waals surface area contributed by atoms with Crippen molar-refractivity contribution in [2.75, 3.05) is 0 Å². The second-order valence-corrected chi connectivity index (χ2v) is 5.31. The monoisotopic (exact) mass is 278 g/mol. The van der Waals surface area contributed by atoms with Gasteiger partial charge < -0.3 is 9.67 Å². The van der Waals surface area contributed by atoms with Gasteiger partial charge in [0, 0.05) is 17.4 Å². The Morgan fingerprint density at radius 2 is 2.05 bits per heavy atom. The van der Waals surface area contributed by atoms with Gasteiger partial charge in [-0.2, -0.15) is 0 Å². The van der Waals surface area contributed by atoms with Crippen molar-refractivity contribution >= 4 is 11.6 Å². The first-order valence-corrected chi connectivity index (χ1v) is 6.96. The molecule has 1 unspecified atom stereocenters. The van der Waals surface area contributed by atoms with Crippen LogP contribution in [0.15, 0.2) is 43.0 Å². The molecule has 0 fully saturated rings. The second kappa shape index (κ2) is 6.22. The molecule has 4 heteroatoms. The molecule has 102 valence electrons. The summed E-state index contributed by atoms with van der Waals surface area (Å²) in [7, 11) is 0. The van der Waals surface area contributed by atoms with Gasteiger partial charge in [-0.25, -0.2) is 4.98 Å². The lowest BCUT2D eigenvalue weighted by molar-refractivity contribution is 0.00749. The van der Waals surface area contributed by atoms with Crippen molar-refractivity contribution in [2.24, 2.45) is 0 Å². The van der Waals surface area contributed by atoms with Crippen molar-refractivity contribution in [2.45, 2.75) is 38.3 Å². The molecule has 2 rings (SSSR count). The fraction of sp³-hybridized carbons (Fsp3) is 0.400. The summed E-state index contributed by atoms with van der Waals surface area (Å²) < 4.78 is 1.91. The Kier molecular flexibility index (Phi) is 4.61. The Morgan fingerprint density at radius 3 is 2.63 bits per heavy atom. The van der Waals surface area contributed by atoms with Crippen LogP contribution >= 0.6 is 11.6 Å². The Labute approximate surface area is 118 Å². The quantitative estimate of drug-likeness (QED) is 0.876. The molecule has 3 nitrogen and oxygen atoms in total. The second-order valence-electron chi connectivity index (χ2n) is 4.88. The molecule has 0 aliphatic heterocycles. The van der Waals surface area contributed by atoms with Crippen LogP contribution in [0.25, 0.3) is 0 Å². The molecule has 1 aromatic heterocycles. The number of nitrogens with zero attached hydrogens (tertiary/aromatic N) is 2. The minimum absolute atomic E-state index is 0.509. The molecule has 1 N–H and O–H groups in total. The molecule has 0 saturated carbocycles. The average Bonchev–Trinajstić information content (AvgIpc) is 2.90. The predicted molar refractivity (Wildman–Crippen MR) is 77.1 cm³/mol. The summed E-state index contributed by atoms with van der Waals surface area (Å²) in [6.07, 6.45) is 8.08. The van der Waals surface area contributed by atoms with E-state index in [0.717, 1.165) is 24.8 Å². The SMILES string of the molecule is CCCCC(O)(Cn1ccnc1)c1ccc(Cl)cc1. The van der Waals surface area contributed by atoms with Crippen LogP contribution < -0.4 is 0 Å². The van der Waals surface area contributed by atoms with Crippen LogP contribution in [0, 0.1) is 0 Å². The molecule has 1 aromatic carbocycles.